The lowest BCUT2D eigenvalue weighted by atomic mass is 9.94. The number of ketones is 1. The molecule has 1 fully saturated rings. The zero-order valence-electron chi connectivity index (χ0n) is 9.06. The molecular formula is C13H11NO3. The number of carboxylic acid groups (broad SMARTS) is 1. The van der Waals surface area contributed by atoms with E-state index in [2.05, 4.69) is 4.98 Å². The first kappa shape index (κ1) is 10.1. The fourth-order valence-corrected chi connectivity index (χ4v) is 2.18. The van der Waals surface area contributed by atoms with E-state index < -0.39 is 11.4 Å². The number of carboxylic acids is 1. The van der Waals surface area contributed by atoms with Crippen molar-refractivity contribution in [3.05, 3.63) is 36.0 Å². The third-order valence-corrected chi connectivity index (χ3v) is 3.43. The summed E-state index contributed by atoms with van der Waals surface area (Å²) in [5.74, 6) is -1.28. The number of nitrogens with one attached hydrogen (secondary N) is 1. The number of benzene rings is 1. The summed E-state index contributed by atoms with van der Waals surface area (Å²) >= 11 is 0. The molecule has 0 spiro atoms. The van der Waals surface area contributed by atoms with E-state index in [9.17, 15) is 9.59 Å². The van der Waals surface area contributed by atoms with E-state index in [0.29, 0.717) is 18.4 Å². The van der Waals surface area contributed by atoms with Gasteiger partial charge in [-0.2, -0.15) is 0 Å². The van der Waals surface area contributed by atoms with Gasteiger partial charge in [0.05, 0.1) is 0 Å². The number of aliphatic carboxylic acids is 1. The highest BCUT2D eigenvalue weighted by Crippen LogP contribution is 2.49. The zero-order chi connectivity index (χ0) is 12.0. The Labute approximate surface area is 97.3 Å². The van der Waals surface area contributed by atoms with Gasteiger partial charge in [0.2, 0.25) is 0 Å². The number of para-hydroxylation sites is 1. The van der Waals surface area contributed by atoms with Crippen molar-refractivity contribution in [1.82, 2.24) is 4.98 Å². The smallest absolute Gasteiger partial charge is 0.317 e. The molecular weight excluding hydrogens is 218 g/mol. The average Bonchev–Trinajstić information content (AvgIpc) is 3.03. The molecule has 0 radical (unpaired) electrons. The van der Waals surface area contributed by atoms with Gasteiger partial charge in [0.1, 0.15) is 5.41 Å². The number of hydrogen-bond acceptors (Lipinski definition) is 2. The molecule has 0 aliphatic heterocycles. The van der Waals surface area contributed by atoms with E-state index in [4.69, 9.17) is 5.11 Å². The highest BCUT2D eigenvalue weighted by Gasteiger charge is 2.57. The first-order valence-corrected chi connectivity index (χ1v) is 5.49. The van der Waals surface area contributed by atoms with Crippen molar-refractivity contribution < 1.29 is 14.7 Å². The molecule has 1 aliphatic carbocycles. The van der Waals surface area contributed by atoms with Crippen LogP contribution < -0.4 is 0 Å². The second kappa shape index (κ2) is 3.20. The Hall–Kier alpha value is -2.10. The second-order valence-corrected chi connectivity index (χ2v) is 4.46. The molecule has 4 nitrogen and oxygen atoms in total. The maximum Gasteiger partial charge on any atom is 0.317 e. The van der Waals surface area contributed by atoms with Crippen LogP contribution in [0.5, 0.6) is 0 Å². The topological polar surface area (TPSA) is 70.2 Å². The number of carbonyl (C=O) groups is 2. The van der Waals surface area contributed by atoms with Gasteiger partial charge in [-0.25, -0.2) is 0 Å². The van der Waals surface area contributed by atoms with E-state index in [1.54, 1.807) is 6.20 Å². The molecule has 1 aliphatic rings. The minimum atomic E-state index is -1.16. The van der Waals surface area contributed by atoms with Crippen molar-refractivity contribution in [2.75, 3.05) is 0 Å². The molecule has 0 unspecified atom stereocenters. The predicted molar refractivity (Wildman–Crippen MR) is 61.9 cm³/mol. The molecule has 2 aromatic rings. The molecule has 1 aromatic carbocycles. The number of aromatic nitrogens is 1. The van der Waals surface area contributed by atoms with Gasteiger partial charge in [0.25, 0.3) is 0 Å². The van der Waals surface area contributed by atoms with Crippen LogP contribution in [-0.4, -0.2) is 21.8 Å². The largest absolute Gasteiger partial charge is 0.480 e. The van der Waals surface area contributed by atoms with Crippen molar-refractivity contribution >= 4 is 22.7 Å². The lowest BCUT2D eigenvalue weighted by Gasteiger charge is -2.06. The van der Waals surface area contributed by atoms with Crippen LogP contribution in [0.25, 0.3) is 10.9 Å². The normalized spacial score (nSPS) is 16.9. The average molecular weight is 229 g/mol. The fraction of sp³-hybridized carbons (Fsp3) is 0.231. The van der Waals surface area contributed by atoms with Crippen LogP contribution in [0.15, 0.2) is 30.5 Å². The number of H-pyrrole nitrogens is 1. The predicted octanol–water partition coefficient (Wildman–Crippen LogP) is 2.22. The summed E-state index contributed by atoms with van der Waals surface area (Å²) in [6.45, 7) is 0. The van der Waals surface area contributed by atoms with Crippen molar-refractivity contribution in [2.24, 2.45) is 5.41 Å². The van der Waals surface area contributed by atoms with Gasteiger partial charge in [-0.05, 0) is 18.9 Å². The van der Waals surface area contributed by atoms with Crippen molar-refractivity contribution in [2.45, 2.75) is 12.8 Å². The molecule has 2 N–H and O–H groups in total. The molecule has 86 valence electrons. The van der Waals surface area contributed by atoms with E-state index in [-0.39, 0.29) is 5.78 Å². The third kappa shape index (κ3) is 1.30. The summed E-state index contributed by atoms with van der Waals surface area (Å²) in [6.07, 6.45) is 2.50. The maximum absolute atomic E-state index is 12.2. The van der Waals surface area contributed by atoms with Gasteiger partial charge in [0, 0.05) is 22.7 Å². The molecule has 3 rings (SSSR count). The Morgan fingerprint density at radius 1 is 1.24 bits per heavy atom. The first-order valence-electron chi connectivity index (χ1n) is 5.49. The zero-order valence-corrected chi connectivity index (χ0v) is 9.06. The quantitative estimate of drug-likeness (QED) is 0.626. The summed E-state index contributed by atoms with van der Waals surface area (Å²) in [4.78, 5) is 26.4. The van der Waals surface area contributed by atoms with Gasteiger partial charge in [0.15, 0.2) is 5.78 Å². The highest BCUT2D eigenvalue weighted by molar-refractivity contribution is 6.19. The SMILES string of the molecule is O=C(O)C1(C(=O)c2c[nH]c3ccccc23)CC1. The van der Waals surface area contributed by atoms with Crippen LogP contribution >= 0.6 is 0 Å². The summed E-state index contributed by atoms with van der Waals surface area (Å²) in [7, 11) is 0. The van der Waals surface area contributed by atoms with Crippen molar-refractivity contribution in [1.29, 1.82) is 0 Å². The lowest BCUT2D eigenvalue weighted by Crippen LogP contribution is -2.25. The summed E-state index contributed by atoms with van der Waals surface area (Å²) < 4.78 is 0. The number of Topliss-reactive ketones (excluding diaryl/α,β-unsaturated/α-hetero) is 1. The van der Waals surface area contributed by atoms with Gasteiger partial charge in [-0.1, -0.05) is 18.2 Å². The van der Waals surface area contributed by atoms with Crippen molar-refractivity contribution in [3.63, 3.8) is 0 Å². The van der Waals surface area contributed by atoms with Crippen LogP contribution in [0, 0.1) is 5.41 Å². The lowest BCUT2D eigenvalue weighted by molar-refractivity contribution is -0.141. The Bertz CT molecular complexity index is 622. The van der Waals surface area contributed by atoms with Gasteiger partial charge < -0.3 is 10.1 Å². The Balaban J connectivity index is 2.11. The molecule has 1 saturated carbocycles. The number of fused-ring (bicyclic) bond motifs is 1. The number of hydrogen-bond donors (Lipinski definition) is 2. The minimum absolute atomic E-state index is 0.276. The van der Waals surface area contributed by atoms with Crippen molar-refractivity contribution in [3.8, 4) is 0 Å². The minimum Gasteiger partial charge on any atom is -0.480 e. The second-order valence-electron chi connectivity index (χ2n) is 4.46. The van der Waals surface area contributed by atoms with Gasteiger partial charge in [-0.15, -0.1) is 0 Å². The molecule has 0 saturated heterocycles. The Morgan fingerprint density at radius 2 is 1.94 bits per heavy atom. The molecule has 1 aromatic heterocycles. The molecule has 4 heteroatoms. The summed E-state index contributed by atoms with van der Waals surface area (Å²) in [5.41, 5.74) is 0.183. The fourth-order valence-electron chi connectivity index (χ4n) is 2.18. The van der Waals surface area contributed by atoms with E-state index >= 15 is 0 Å². The molecule has 1 heterocycles. The van der Waals surface area contributed by atoms with Crippen LogP contribution in [0.2, 0.25) is 0 Å². The van der Waals surface area contributed by atoms with Crippen LogP contribution in [0.3, 0.4) is 0 Å². The summed E-state index contributed by atoms with van der Waals surface area (Å²) in [5, 5.41) is 9.91. The summed E-state index contributed by atoms with van der Waals surface area (Å²) in [6, 6.07) is 7.41. The maximum atomic E-state index is 12.2. The van der Waals surface area contributed by atoms with E-state index in [0.717, 1.165) is 10.9 Å². The number of rotatable bonds is 3. The Morgan fingerprint density at radius 3 is 2.59 bits per heavy atom. The van der Waals surface area contributed by atoms with Gasteiger partial charge in [-0.3, -0.25) is 9.59 Å². The Kier molecular flexibility index (Phi) is 1.90. The molecule has 0 bridgehead atoms. The standard InChI is InChI=1S/C13H11NO3/c15-11(13(5-6-13)12(16)17)9-7-14-10-4-2-1-3-8(9)10/h1-4,7,14H,5-6H2,(H,16,17). The van der Waals surface area contributed by atoms with Crippen LogP contribution in [0.1, 0.15) is 23.2 Å². The molecule has 17 heavy (non-hydrogen) atoms. The van der Waals surface area contributed by atoms with E-state index in [1.165, 1.54) is 0 Å². The van der Waals surface area contributed by atoms with E-state index in [1.807, 2.05) is 24.3 Å². The molecule has 0 amide bonds. The first-order chi connectivity index (χ1) is 8.15. The number of aromatic amines is 1. The monoisotopic (exact) mass is 229 g/mol. The highest BCUT2D eigenvalue weighted by atomic mass is 16.4. The van der Waals surface area contributed by atoms with Gasteiger partial charge >= 0.3 is 5.97 Å². The van der Waals surface area contributed by atoms with Crippen LogP contribution in [0.4, 0.5) is 0 Å². The number of carbonyl (C=O) groups excluding carboxylic acids is 1. The van der Waals surface area contributed by atoms with Crippen LogP contribution in [-0.2, 0) is 4.79 Å². The molecule has 0 atom stereocenters. The third-order valence-electron chi connectivity index (χ3n) is 3.43.